The molecule has 1 saturated heterocycles. The third-order valence-corrected chi connectivity index (χ3v) is 6.68. The van der Waals surface area contributed by atoms with Gasteiger partial charge >= 0.3 is 5.69 Å². The summed E-state index contributed by atoms with van der Waals surface area (Å²) < 4.78 is 34.7. The minimum Gasteiger partial charge on any atom is -0.381 e. The highest BCUT2D eigenvalue weighted by Crippen LogP contribution is 2.37. The van der Waals surface area contributed by atoms with Crippen LogP contribution >= 0.6 is 0 Å². The highest BCUT2D eigenvalue weighted by molar-refractivity contribution is 5.76. The number of hydrogen-bond acceptors (Lipinski definition) is 3. The Morgan fingerprint density at radius 1 is 1.15 bits per heavy atom. The average Bonchev–Trinajstić information content (AvgIpc) is 2.99. The van der Waals surface area contributed by atoms with E-state index in [1.165, 1.54) is 6.07 Å². The summed E-state index contributed by atoms with van der Waals surface area (Å²) >= 11 is 0. The van der Waals surface area contributed by atoms with E-state index in [0.29, 0.717) is 11.6 Å². The van der Waals surface area contributed by atoms with Crippen molar-refractivity contribution in [3.05, 3.63) is 34.3 Å². The number of rotatable bonds is 3. The van der Waals surface area contributed by atoms with Crippen LogP contribution in [0.3, 0.4) is 0 Å². The van der Waals surface area contributed by atoms with Crippen LogP contribution in [0.15, 0.2) is 16.9 Å². The van der Waals surface area contributed by atoms with Crippen LogP contribution in [0.4, 0.5) is 8.78 Å². The number of benzene rings is 1. The standard InChI is InChI=1S/C20H27F2N3O2/c1-20(7-3-15(27-2)4-8-20)24-9-5-14(6-10-24)25-17-12-13(21)11-16(22)18(17)23-19(25)26/h11-12,14-15H,3-10H2,1-2H3,(H,23,26)/t15-,20-. The number of fused-ring (bicyclic) bond motifs is 1. The minimum absolute atomic E-state index is 0.0392. The van der Waals surface area contributed by atoms with Crippen molar-refractivity contribution < 1.29 is 13.5 Å². The van der Waals surface area contributed by atoms with Gasteiger partial charge in [-0.3, -0.25) is 9.47 Å². The van der Waals surface area contributed by atoms with Gasteiger partial charge in [0.25, 0.3) is 0 Å². The Hall–Kier alpha value is -1.73. The Kier molecular flexibility index (Phi) is 4.84. The molecule has 0 atom stereocenters. The lowest BCUT2D eigenvalue weighted by Crippen LogP contribution is -2.52. The highest BCUT2D eigenvalue weighted by atomic mass is 19.1. The van der Waals surface area contributed by atoms with Crippen molar-refractivity contribution >= 4 is 11.0 Å². The average molecular weight is 379 g/mol. The van der Waals surface area contributed by atoms with Crippen LogP contribution in [0.25, 0.3) is 11.0 Å². The molecule has 7 heteroatoms. The number of imidazole rings is 1. The van der Waals surface area contributed by atoms with Gasteiger partial charge in [0, 0.05) is 43.9 Å². The van der Waals surface area contributed by atoms with Crippen LogP contribution in [-0.2, 0) is 4.74 Å². The first-order valence-corrected chi connectivity index (χ1v) is 9.78. The monoisotopic (exact) mass is 379 g/mol. The number of piperidine rings is 1. The van der Waals surface area contributed by atoms with E-state index in [-0.39, 0.29) is 22.8 Å². The second-order valence-corrected chi connectivity index (χ2v) is 8.23. The second kappa shape index (κ2) is 7.02. The van der Waals surface area contributed by atoms with E-state index in [1.54, 1.807) is 11.7 Å². The Morgan fingerprint density at radius 2 is 1.81 bits per heavy atom. The Labute approximate surface area is 157 Å². The van der Waals surface area contributed by atoms with Crippen molar-refractivity contribution in [1.29, 1.82) is 0 Å². The van der Waals surface area contributed by atoms with Gasteiger partial charge in [-0.05, 0) is 45.4 Å². The normalized spacial score (nSPS) is 28.1. The summed E-state index contributed by atoms with van der Waals surface area (Å²) in [5.41, 5.74) is 0.222. The zero-order valence-electron chi connectivity index (χ0n) is 15.9. The van der Waals surface area contributed by atoms with Gasteiger partial charge < -0.3 is 9.72 Å². The van der Waals surface area contributed by atoms with Crippen molar-refractivity contribution in [3.63, 3.8) is 0 Å². The van der Waals surface area contributed by atoms with E-state index >= 15 is 0 Å². The van der Waals surface area contributed by atoms with E-state index < -0.39 is 11.6 Å². The highest BCUT2D eigenvalue weighted by Gasteiger charge is 2.38. The molecule has 1 aromatic heterocycles. The lowest BCUT2D eigenvalue weighted by Gasteiger charge is -2.48. The lowest BCUT2D eigenvalue weighted by molar-refractivity contribution is -0.0146. The van der Waals surface area contributed by atoms with Crippen LogP contribution in [0.5, 0.6) is 0 Å². The number of likely N-dealkylation sites (tertiary alicyclic amines) is 1. The Morgan fingerprint density at radius 3 is 2.44 bits per heavy atom. The molecule has 1 aliphatic heterocycles. The molecule has 0 spiro atoms. The van der Waals surface area contributed by atoms with Crippen molar-refractivity contribution in [3.8, 4) is 0 Å². The maximum Gasteiger partial charge on any atom is 0.326 e. The number of ether oxygens (including phenoxy) is 1. The van der Waals surface area contributed by atoms with E-state index in [4.69, 9.17) is 4.74 Å². The fourth-order valence-corrected chi connectivity index (χ4v) is 4.94. The summed E-state index contributed by atoms with van der Waals surface area (Å²) in [6, 6.07) is 2.01. The van der Waals surface area contributed by atoms with Crippen LogP contribution in [0, 0.1) is 11.6 Å². The molecule has 2 heterocycles. The number of nitrogens with zero attached hydrogens (tertiary/aromatic N) is 2. The predicted molar refractivity (Wildman–Crippen MR) is 100.0 cm³/mol. The molecule has 1 aromatic carbocycles. The molecule has 2 aliphatic rings. The van der Waals surface area contributed by atoms with Gasteiger partial charge in [-0.2, -0.15) is 0 Å². The number of methoxy groups -OCH3 is 1. The SMILES string of the molecule is CO[C@H]1CC[C@](C)(N2CCC(n3c(=O)[nH]c4c(F)cc(F)cc43)CC2)CC1. The molecule has 0 radical (unpaired) electrons. The molecule has 5 nitrogen and oxygen atoms in total. The summed E-state index contributed by atoms with van der Waals surface area (Å²) in [6.07, 6.45) is 6.34. The zero-order valence-corrected chi connectivity index (χ0v) is 15.9. The van der Waals surface area contributed by atoms with Crippen molar-refractivity contribution in [2.45, 2.75) is 63.1 Å². The van der Waals surface area contributed by atoms with Crippen LogP contribution < -0.4 is 5.69 Å². The van der Waals surface area contributed by atoms with Crippen LogP contribution in [0.2, 0.25) is 0 Å². The van der Waals surface area contributed by atoms with Gasteiger partial charge in [-0.1, -0.05) is 0 Å². The molecule has 0 bridgehead atoms. The van der Waals surface area contributed by atoms with Gasteiger partial charge in [0.05, 0.1) is 11.6 Å². The van der Waals surface area contributed by atoms with E-state index in [1.807, 2.05) is 0 Å². The number of aromatic nitrogens is 2. The van der Waals surface area contributed by atoms with E-state index in [2.05, 4.69) is 16.8 Å². The van der Waals surface area contributed by atoms with Crippen molar-refractivity contribution in [2.75, 3.05) is 20.2 Å². The van der Waals surface area contributed by atoms with Crippen molar-refractivity contribution in [2.24, 2.45) is 0 Å². The summed E-state index contributed by atoms with van der Waals surface area (Å²) in [5.74, 6) is -1.38. The molecule has 27 heavy (non-hydrogen) atoms. The number of H-pyrrole nitrogens is 1. The topological polar surface area (TPSA) is 50.3 Å². The molecular formula is C20H27F2N3O2. The van der Waals surface area contributed by atoms with E-state index in [9.17, 15) is 13.6 Å². The second-order valence-electron chi connectivity index (χ2n) is 8.23. The third kappa shape index (κ3) is 3.31. The summed E-state index contributed by atoms with van der Waals surface area (Å²) in [5, 5.41) is 0. The Balaban J connectivity index is 1.51. The lowest BCUT2D eigenvalue weighted by atomic mass is 9.79. The molecular weight excluding hydrogens is 352 g/mol. The van der Waals surface area contributed by atoms with Gasteiger partial charge in [-0.25, -0.2) is 13.6 Å². The van der Waals surface area contributed by atoms with Crippen LogP contribution in [-0.4, -0.2) is 46.3 Å². The summed E-state index contributed by atoms with van der Waals surface area (Å²) in [4.78, 5) is 17.5. The molecule has 1 N–H and O–H groups in total. The smallest absolute Gasteiger partial charge is 0.326 e. The Bertz CT molecular complexity index is 875. The molecule has 0 amide bonds. The third-order valence-electron chi connectivity index (χ3n) is 6.68. The van der Waals surface area contributed by atoms with E-state index in [0.717, 1.165) is 57.7 Å². The fraction of sp³-hybridized carbons (Fsp3) is 0.650. The minimum atomic E-state index is -0.722. The maximum atomic E-state index is 14.0. The first-order valence-electron chi connectivity index (χ1n) is 9.78. The molecule has 148 valence electrons. The maximum absolute atomic E-state index is 14.0. The summed E-state index contributed by atoms with van der Waals surface area (Å²) in [6.45, 7) is 4.09. The van der Waals surface area contributed by atoms with Crippen LogP contribution in [0.1, 0.15) is 51.5 Å². The molecule has 1 saturated carbocycles. The largest absolute Gasteiger partial charge is 0.381 e. The molecule has 2 fully saturated rings. The number of nitrogens with one attached hydrogen (secondary N) is 1. The molecule has 4 rings (SSSR count). The van der Waals surface area contributed by atoms with Gasteiger partial charge in [0.1, 0.15) is 11.3 Å². The van der Waals surface area contributed by atoms with Gasteiger partial charge in [0.15, 0.2) is 5.82 Å². The van der Waals surface area contributed by atoms with Crippen molar-refractivity contribution in [1.82, 2.24) is 14.5 Å². The molecule has 1 aliphatic carbocycles. The zero-order chi connectivity index (χ0) is 19.2. The first kappa shape index (κ1) is 18.6. The quantitative estimate of drug-likeness (QED) is 0.887. The molecule has 2 aromatic rings. The van der Waals surface area contributed by atoms with Gasteiger partial charge in [0.2, 0.25) is 0 Å². The first-order chi connectivity index (χ1) is 12.9. The summed E-state index contributed by atoms with van der Waals surface area (Å²) in [7, 11) is 1.78. The number of aromatic amines is 1. The van der Waals surface area contributed by atoms with Gasteiger partial charge in [-0.15, -0.1) is 0 Å². The molecule has 0 unspecified atom stereocenters. The fourth-order valence-electron chi connectivity index (χ4n) is 4.94. The number of hydrogen-bond donors (Lipinski definition) is 1. The predicted octanol–water partition coefficient (Wildman–Crippen LogP) is 3.59. The number of halogens is 2.